The first kappa shape index (κ1) is 9.14. The third-order valence-electron chi connectivity index (χ3n) is 0.646. The zero-order chi connectivity index (χ0) is 5.11. The molecule has 0 fully saturated rings. The van der Waals surface area contributed by atoms with Gasteiger partial charge in [0, 0.05) is 17.3 Å². The van der Waals surface area contributed by atoms with Gasteiger partial charge in [-0.15, -0.1) is 12.6 Å². The second-order valence-electron chi connectivity index (χ2n) is 1.21. The molecule has 1 aromatic rings. The van der Waals surface area contributed by atoms with Crippen LogP contribution in [0.15, 0.2) is 29.4 Å². The van der Waals surface area contributed by atoms with E-state index in [-0.39, 0.29) is 51.4 Å². The van der Waals surface area contributed by atoms with Crippen molar-refractivity contribution in [1.82, 2.24) is 4.98 Å². The van der Waals surface area contributed by atoms with Crippen molar-refractivity contribution in [1.29, 1.82) is 0 Å². The van der Waals surface area contributed by atoms with Gasteiger partial charge >= 0.3 is 51.4 Å². The molecule has 0 radical (unpaired) electrons. The van der Waals surface area contributed by atoms with Crippen LogP contribution in [0, 0.1) is 0 Å². The van der Waals surface area contributed by atoms with Crippen LogP contribution < -0.4 is 0 Å². The van der Waals surface area contributed by atoms with Crippen LogP contribution in [0.1, 0.15) is 0 Å². The molecule has 1 aromatic heterocycles. The molecular weight excluding hydrogens is 145 g/mol. The number of pyridine rings is 1. The fraction of sp³-hybridized carbons (Fsp3) is 0. The third-order valence-corrected chi connectivity index (χ3v) is 0.910. The van der Waals surface area contributed by atoms with Crippen LogP contribution in [0.2, 0.25) is 0 Å². The summed E-state index contributed by atoms with van der Waals surface area (Å²) in [6, 6.07) is 3.73. The molecule has 0 aliphatic carbocycles. The van der Waals surface area contributed by atoms with Gasteiger partial charge in [-0.05, 0) is 12.1 Å². The van der Waals surface area contributed by atoms with Crippen LogP contribution in [0.3, 0.4) is 0 Å². The quantitative estimate of drug-likeness (QED) is 0.426. The fourth-order valence-corrected chi connectivity index (χ4v) is 0.506. The molecule has 1 heterocycles. The van der Waals surface area contributed by atoms with Crippen molar-refractivity contribution in [3.63, 3.8) is 0 Å². The van der Waals surface area contributed by atoms with Gasteiger partial charge in [-0.25, -0.2) is 0 Å². The molecule has 0 unspecified atom stereocenters. The van der Waals surface area contributed by atoms with Gasteiger partial charge in [0.15, 0.2) is 0 Å². The van der Waals surface area contributed by atoms with Crippen molar-refractivity contribution in [2.24, 2.45) is 0 Å². The van der Waals surface area contributed by atoms with Crippen LogP contribution in [-0.4, -0.2) is 56.4 Å². The van der Waals surface area contributed by atoms with E-state index in [1.54, 1.807) is 12.4 Å². The van der Waals surface area contributed by atoms with Gasteiger partial charge < -0.3 is 0 Å². The second-order valence-corrected chi connectivity index (χ2v) is 1.73. The number of hydrogen-bond acceptors (Lipinski definition) is 2. The summed E-state index contributed by atoms with van der Waals surface area (Å²) in [5, 5.41) is 0. The molecule has 0 N–H and O–H groups in total. The minimum absolute atomic E-state index is 0. The maximum absolute atomic E-state index is 4.02. The first-order valence-corrected chi connectivity index (χ1v) is 2.43. The van der Waals surface area contributed by atoms with E-state index >= 15 is 0 Å². The average molecular weight is 151 g/mol. The Hall–Kier alpha value is 1.14. The third kappa shape index (κ3) is 3.22. The van der Waals surface area contributed by atoms with Gasteiger partial charge in [0.1, 0.15) is 0 Å². The zero-order valence-corrected chi connectivity index (χ0v) is 4.60. The van der Waals surface area contributed by atoms with Gasteiger partial charge in [-0.3, -0.25) is 4.98 Å². The van der Waals surface area contributed by atoms with Crippen molar-refractivity contribution in [3.8, 4) is 0 Å². The SMILES string of the molecule is Sc1cccnc1.[KH]. The molecule has 8 heavy (non-hydrogen) atoms. The number of rotatable bonds is 0. The van der Waals surface area contributed by atoms with E-state index in [0.717, 1.165) is 4.90 Å². The normalized spacial score (nSPS) is 7.62. The van der Waals surface area contributed by atoms with Crippen LogP contribution in [0.25, 0.3) is 0 Å². The molecule has 0 saturated carbocycles. The summed E-state index contributed by atoms with van der Waals surface area (Å²) in [6.45, 7) is 0. The Bertz CT molecular complexity index is 142. The summed E-state index contributed by atoms with van der Waals surface area (Å²) < 4.78 is 0. The van der Waals surface area contributed by atoms with Crippen LogP contribution in [0.4, 0.5) is 0 Å². The Morgan fingerprint density at radius 2 is 2.25 bits per heavy atom. The Morgan fingerprint density at radius 3 is 2.50 bits per heavy atom. The molecule has 0 aliphatic rings. The molecule has 0 amide bonds. The van der Waals surface area contributed by atoms with Gasteiger partial charge in [0.25, 0.3) is 0 Å². The maximum atomic E-state index is 4.02. The minimum atomic E-state index is 0. The summed E-state index contributed by atoms with van der Waals surface area (Å²) in [5.41, 5.74) is 0. The molecule has 0 aromatic carbocycles. The van der Waals surface area contributed by atoms with Gasteiger partial charge in [0.05, 0.1) is 0 Å². The van der Waals surface area contributed by atoms with Crippen molar-refractivity contribution >= 4 is 64.0 Å². The standard InChI is InChI=1S/C5H5NS.K.H/c7-5-2-1-3-6-4-5;;/h1-4,7H;;. The van der Waals surface area contributed by atoms with Crippen LogP contribution in [-0.2, 0) is 0 Å². The predicted octanol–water partition coefficient (Wildman–Crippen LogP) is 0.722. The number of aromatic nitrogens is 1. The van der Waals surface area contributed by atoms with Crippen molar-refractivity contribution < 1.29 is 0 Å². The number of nitrogens with zero attached hydrogens (tertiary/aromatic N) is 1. The molecule has 1 nitrogen and oxygen atoms in total. The monoisotopic (exact) mass is 151 g/mol. The topological polar surface area (TPSA) is 12.9 Å². The predicted molar refractivity (Wildman–Crippen MR) is 38.6 cm³/mol. The summed E-state index contributed by atoms with van der Waals surface area (Å²) >= 11 is 4.02. The van der Waals surface area contributed by atoms with E-state index in [0.29, 0.717) is 0 Å². The van der Waals surface area contributed by atoms with Crippen LogP contribution >= 0.6 is 12.6 Å². The van der Waals surface area contributed by atoms with Crippen LogP contribution in [0.5, 0.6) is 0 Å². The fourth-order valence-electron chi connectivity index (χ4n) is 0.354. The Balaban J connectivity index is 0.000000490. The molecule has 38 valence electrons. The molecule has 0 atom stereocenters. The summed E-state index contributed by atoms with van der Waals surface area (Å²) in [6.07, 6.45) is 3.42. The summed E-state index contributed by atoms with van der Waals surface area (Å²) in [5.74, 6) is 0. The molecule has 1 rings (SSSR count). The van der Waals surface area contributed by atoms with E-state index in [1.165, 1.54) is 0 Å². The number of hydrogen-bond donors (Lipinski definition) is 1. The Morgan fingerprint density at radius 1 is 1.50 bits per heavy atom. The molecule has 3 heteroatoms. The van der Waals surface area contributed by atoms with Crippen molar-refractivity contribution in [2.45, 2.75) is 4.90 Å². The van der Waals surface area contributed by atoms with Crippen molar-refractivity contribution in [2.75, 3.05) is 0 Å². The first-order chi connectivity index (χ1) is 3.39. The zero-order valence-electron chi connectivity index (χ0n) is 3.70. The summed E-state index contributed by atoms with van der Waals surface area (Å²) in [4.78, 5) is 4.71. The van der Waals surface area contributed by atoms with E-state index in [1.807, 2.05) is 12.1 Å². The van der Waals surface area contributed by atoms with E-state index in [2.05, 4.69) is 17.6 Å². The van der Waals surface area contributed by atoms with Gasteiger partial charge in [-0.1, -0.05) is 0 Å². The first-order valence-electron chi connectivity index (χ1n) is 1.98. The molecule has 0 spiro atoms. The molecule has 0 saturated heterocycles. The van der Waals surface area contributed by atoms with Gasteiger partial charge in [-0.2, -0.15) is 0 Å². The Kier molecular flexibility index (Phi) is 5.67. The molecular formula is C5H6KNS. The molecule has 0 aliphatic heterocycles. The van der Waals surface area contributed by atoms with Crippen molar-refractivity contribution in [3.05, 3.63) is 24.5 Å². The Labute approximate surface area is 96.7 Å². The summed E-state index contributed by atoms with van der Waals surface area (Å²) in [7, 11) is 0. The van der Waals surface area contributed by atoms with E-state index in [4.69, 9.17) is 0 Å². The number of thiol groups is 1. The second kappa shape index (κ2) is 4.96. The average Bonchev–Trinajstić information content (AvgIpc) is 1.69. The van der Waals surface area contributed by atoms with E-state index < -0.39 is 0 Å². The molecule has 0 bridgehead atoms. The van der Waals surface area contributed by atoms with Gasteiger partial charge in [0.2, 0.25) is 0 Å². The van der Waals surface area contributed by atoms with E-state index in [9.17, 15) is 0 Å².